The first-order valence-corrected chi connectivity index (χ1v) is 4.36. The van der Waals surface area contributed by atoms with Crippen LogP contribution >= 0.6 is 0 Å². The minimum absolute atomic E-state index is 0.118. The molecule has 0 aliphatic carbocycles. The van der Waals surface area contributed by atoms with E-state index >= 15 is 0 Å². The average Bonchev–Trinajstić information content (AvgIpc) is 2.06. The quantitative estimate of drug-likeness (QED) is 0.693. The molecule has 1 atom stereocenters. The molecule has 0 radical (unpaired) electrons. The number of hydrogen-bond donors (Lipinski definition) is 0. The van der Waals surface area contributed by atoms with Crippen molar-refractivity contribution in [2.75, 3.05) is 13.7 Å². The number of carbonyl (C=O) groups excluding carboxylic acids is 1. The van der Waals surface area contributed by atoms with Gasteiger partial charge in [-0.3, -0.25) is 9.53 Å². The number of ether oxygens (including phenoxy) is 1. The van der Waals surface area contributed by atoms with Crippen LogP contribution in [0.25, 0.3) is 0 Å². The van der Waals surface area contributed by atoms with Gasteiger partial charge < -0.3 is 4.90 Å². The Kier molecular flexibility index (Phi) is 3.36. The van der Waals surface area contributed by atoms with E-state index in [-0.39, 0.29) is 5.91 Å². The number of halogens is 3. The van der Waals surface area contributed by atoms with Gasteiger partial charge in [-0.05, 0) is 12.8 Å². The first-order chi connectivity index (χ1) is 6.40. The zero-order valence-electron chi connectivity index (χ0n) is 7.80. The van der Waals surface area contributed by atoms with Gasteiger partial charge in [-0.15, -0.1) is 13.2 Å². The third-order valence-corrected chi connectivity index (χ3v) is 2.31. The van der Waals surface area contributed by atoms with E-state index in [1.54, 1.807) is 0 Å². The van der Waals surface area contributed by atoms with Crippen LogP contribution in [0.4, 0.5) is 13.2 Å². The molecule has 0 aromatic heterocycles. The summed E-state index contributed by atoms with van der Waals surface area (Å²) in [5.74, 6) is -0.118. The summed E-state index contributed by atoms with van der Waals surface area (Å²) in [5, 5.41) is 0. The third-order valence-electron chi connectivity index (χ3n) is 2.31. The van der Waals surface area contributed by atoms with Gasteiger partial charge in [-0.1, -0.05) is 0 Å². The molecule has 0 aromatic rings. The first kappa shape index (κ1) is 11.3. The third kappa shape index (κ3) is 3.17. The van der Waals surface area contributed by atoms with Crippen molar-refractivity contribution in [2.45, 2.75) is 31.7 Å². The van der Waals surface area contributed by atoms with Gasteiger partial charge in [0.25, 0.3) is 0 Å². The van der Waals surface area contributed by atoms with E-state index in [2.05, 4.69) is 4.74 Å². The zero-order valence-corrected chi connectivity index (χ0v) is 7.80. The lowest BCUT2D eigenvalue weighted by Gasteiger charge is -2.32. The van der Waals surface area contributed by atoms with Crippen LogP contribution in [0.2, 0.25) is 0 Å². The van der Waals surface area contributed by atoms with Gasteiger partial charge in [-0.25, -0.2) is 0 Å². The molecule has 0 N–H and O–H groups in total. The van der Waals surface area contributed by atoms with Crippen molar-refractivity contribution in [1.29, 1.82) is 0 Å². The summed E-state index contributed by atoms with van der Waals surface area (Å²) < 4.78 is 38.8. The van der Waals surface area contributed by atoms with E-state index in [4.69, 9.17) is 0 Å². The number of amides is 1. The van der Waals surface area contributed by atoms with E-state index < -0.39 is 19.0 Å². The number of hydrogen-bond acceptors (Lipinski definition) is 2. The van der Waals surface area contributed by atoms with Gasteiger partial charge in [-0.2, -0.15) is 0 Å². The molecule has 1 fully saturated rings. The number of alkyl halides is 3. The molecule has 82 valence electrons. The molecule has 3 nitrogen and oxygen atoms in total. The summed E-state index contributed by atoms with van der Waals surface area (Å²) in [6.45, 7) is -0.467. The largest absolute Gasteiger partial charge is 0.522 e. The number of likely N-dealkylation sites (N-methyl/N-ethyl adjacent to an activating group) is 1. The molecule has 6 heteroatoms. The minimum atomic E-state index is -4.61. The normalized spacial score (nSPS) is 24.1. The topological polar surface area (TPSA) is 29.5 Å². The van der Waals surface area contributed by atoms with E-state index in [1.807, 2.05) is 0 Å². The molecular weight excluding hydrogens is 199 g/mol. The van der Waals surface area contributed by atoms with Gasteiger partial charge in [0.15, 0.2) is 0 Å². The van der Waals surface area contributed by atoms with E-state index in [0.717, 1.165) is 0 Å². The summed E-state index contributed by atoms with van der Waals surface area (Å²) in [7, 11) is 1.51. The highest BCUT2D eigenvalue weighted by Gasteiger charge is 2.33. The standard InChI is InChI=1S/C8H12F3NO2/c1-12-6(3-2-4-7(12)13)5-14-8(9,10)11/h6H,2-5H2,1H3. The zero-order chi connectivity index (χ0) is 10.8. The Morgan fingerprint density at radius 3 is 2.79 bits per heavy atom. The number of nitrogens with zero attached hydrogens (tertiary/aromatic N) is 1. The van der Waals surface area contributed by atoms with Crippen LogP contribution in [0.5, 0.6) is 0 Å². The molecule has 0 bridgehead atoms. The Bertz CT molecular complexity index is 217. The van der Waals surface area contributed by atoms with Crippen LogP contribution < -0.4 is 0 Å². The predicted octanol–water partition coefficient (Wildman–Crippen LogP) is 1.53. The lowest BCUT2D eigenvalue weighted by Crippen LogP contribution is -2.44. The van der Waals surface area contributed by atoms with Crippen molar-refractivity contribution in [3.05, 3.63) is 0 Å². The number of likely N-dealkylation sites (tertiary alicyclic amines) is 1. The fourth-order valence-corrected chi connectivity index (χ4v) is 1.45. The number of rotatable bonds is 2. The molecule has 1 unspecified atom stereocenters. The van der Waals surface area contributed by atoms with Crippen molar-refractivity contribution >= 4 is 5.91 Å². The van der Waals surface area contributed by atoms with E-state index in [9.17, 15) is 18.0 Å². The van der Waals surface area contributed by atoms with Crippen LogP contribution in [0, 0.1) is 0 Å². The number of carbonyl (C=O) groups is 1. The van der Waals surface area contributed by atoms with Crippen molar-refractivity contribution in [2.24, 2.45) is 0 Å². The highest BCUT2D eigenvalue weighted by atomic mass is 19.4. The molecule has 1 aliphatic heterocycles. The summed E-state index contributed by atoms with van der Waals surface area (Å²) in [5.41, 5.74) is 0. The Hall–Kier alpha value is -0.780. The van der Waals surface area contributed by atoms with Crippen molar-refractivity contribution in [3.63, 3.8) is 0 Å². The van der Waals surface area contributed by atoms with Gasteiger partial charge >= 0.3 is 6.36 Å². The lowest BCUT2D eigenvalue weighted by atomic mass is 10.0. The molecule has 1 rings (SSSR count). The van der Waals surface area contributed by atoms with Gasteiger partial charge in [0.1, 0.15) is 0 Å². The molecule has 0 aromatic carbocycles. The molecule has 1 saturated heterocycles. The highest BCUT2D eigenvalue weighted by molar-refractivity contribution is 5.76. The maximum atomic E-state index is 11.7. The fourth-order valence-electron chi connectivity index (χ4n) is 1.45. The maximum Gasteiger partial charge on any atom is 0.522 e. The van der Waals surface area contributed by atoms with Crippen LogP contribution in [-0.2, 0) is 9.53 Å². The van der Waals surface area contributed by atoms with Crippen LogP contribution in [-0.4, -0.2) is 36.9 Å². The minimum Gasteiger partial charge on any atom is -0.340 e. The van der Waals surface area contributed by atoms with Crippen molar-refractivity contribution in [1.82, 2.24) is 4.90 Å². The molecule has 0 saturated carbocycles. The average molecular weight is 211 g/mol. The fraction of sp³-hybridized carbons (Fsp3) is 0.875. The smallest absolute Gasteiger partial charge is 0.340 e. The summed E-state index contributed by atoms with van der Waals surface area (Å²) in [4.78, 5) is 12.4. The molecule has 1 heterocycles. The second kappa shape index (κ2) is 4.16. The van der Waals surface area contributed by atoms with Crippen LogP contribution in [0.1, 0.15) is 19.3 Å². The maximum absolute atomic E-state index is 11.7. The van der Waals surface area contributed by atoms with Crippen LogP contribution in [0.3, 0.4) is 0 Å². The highest BCUT2D eigenvalue weighted by Crippen LogP contribution is 2.21. The van der Waals surface area contributed by atoms with Gasteiger partial charge in [0, 0.05) is 13.5 Å². The molecule has 1 amide bonds. The second-order valence-corrected chi connectivity index (χ2v) is 3.31. The summed E-state index contributed by atoms with van der Waals surface area (Å²) in [6.07, 6.45) is -2.99. The molecule has 14 heavy (non-hydrogen) atoms. The SMILES string of the molecule is CN1C(=O)CCCC1COC(F)(F)F. The molecule has 1 aliphatic rings. The molecule has 0 spiro atoms. The molecular formula is C8H12F3NO2. The monoisotopic (exact) mass is 211 g/mol. The second-order valence-electron chi connectivity index (χ2n) is 3.31. The Morgan fingerprint density at radius 1 is 1.57 bits per heavy atom. The van der Waals surface area contributed by atoms with Crippen molar-refractivity contribution < 1.29 is 22.7 Å². The first-order valence-electron chi connectivity index (χ1n) is 4.36. The number of piperidine rings is 1. The predicted molar refractivity (Wildman–Crippen MR) is 42.4 cm³/mol. The van der Waals surface area contributed by atoms with Gasteiger partial charge in [0.2, 0.25) is 5.91 Å². The Balaban J connectivity index is 2.40. The Morgan fingerprint density at radius 2 is 2.21 bits per heavy atom. The lowest BCUT2D eigenvalue weighted by molar-refractivity contribution is -0.328. The van der Waals surface area contributed by atoms with Crippen LogP contribution in [0.15, 0.2) is 0 Å². The van der Waals surface area contributed by atoms with Crippen molar-refractivity contribution in [3.8, 4) is 0 Å². The van der Waals surface area contributed by atoms with Gasteiger partial charge in [0.05, 0.1) is 12.6 Å². The Labute approximate surface area is 79.8 Å². The van der Waals surface area contributed by atoms with E-state index in [1.165, 1.54) is 11.9 Å². The summed E-state index contributed by atoms with van der Waals surface area (Å²) >= 11 is 0. The van der Waals surface area contributed by atoms with E-state index in [0.29, 0.717) is 19.3 Å². The summed E-state index contributed by atoms with van der Waals surface area (Å²) in [6, 6.07) is -0.446.